The lowest BCUT2D eigenvalue weighted by Gasteiger charge is -2.09. The average Bonchev–Trinajstić information content (AvgIpc) is 3.32. The highest BCUT2D eigenvalue weighted by Crippen LogP contribution is 2.35. The Morgan fingerprint density at radius 2 is 1.86 bits per heavy atom. The second-order valence-corrected chi connectivity index (χ2v) is 6.95. The van der Waals surface area contributed by atoms with Crippen LogP contribution in [-0.2, 0) is 0 Å². The summed E-state index contributed by atoms with van der Waals surface area (Å²) in [6.07, 6.45) is 5.23. The van der Waals surface area contributed by atoms with E-state index in [-0.39, 0.29) is 11.5 Å². The van der Waals surface area contributed by atoms with Crippen molar-refractivity contribution in [1.82, 2.24) is 19.5 Å². The summed E-state index contributed by atoms with van der Waals surface area (Å²) >= 11 is 1.44. The molecule has 0 bridgehead atoms. The van der Waals surface area contributed by atoms with E-state index in [1.807, 2.05) is 35.1 Å². The van der Waals surface area contributed by atoms with E-state index in [0.717, 1.165) is 16.5 Å². The van der Waals surface area contributed by atoms with Gasteiger partial charge in [0.15, 0.2) is 16.7 Å². The third kappa shape index (κ3) is 2.57. The highest BCUT2D eigenvalue weighted by atomic mass is 32.2. The van der Waals surface area contributed by atoms with Crippen molar-refractivity contribution >= 4 is 33.8 Å². The molecule has 0 saturated heterocycles. The molecule has 3 aromatic heterocycles. The van der Waals surface area contributed by atoms with E-state index in [4.69, 9.17) is 9.40 Å². The van der Waals surface area contributed by atoms with Gasteiger partial charge in [0.05, 0.1) is 17.3 Å². The Morgan fingerprint density at radius 3 is 2.71 bits per heavy atom. The summed E-state index contributed by atoms with van der Waals surface area (Å²) in [6, 6.07) is 12.4. The molecule has 0 amide bonds. The molecule has 5 rings (SSSR count). The number of hydrogen-bond acceptors (Lipinski definition) is 7. The second kappa shape index (κ2) is 6.28. The molecular weight excluding hydrogens is 376 g/mol. The normalized spacial score (nSPS) is 11.5. The zero-order valence-corrected chi connectivity index (χ0v) is 15.5. The summed E-state index contributed by atoms with van der Waals surface area (Å²) in [7, 11) is 0. The maximum Gasteiger partial charge on any atom is 0.189 e. The van der Waals surface area contributed by atoms with Crippen molar-refractivity contribution in [3.63, 3.8) is 0 Å². The standard InChI is InChI=1S/C20H14N4O3S/c1-28-20-21-6-4-18(23-20)24-14-10-16(26)15(25)9-13(14)22-19(24)12-2-3-17-11(8-12)5-7-27-17/h2-10,25-26H,1H3. The first-order chi connectivity index (χ1) is 13.6. The lowest BCUT2D eigenvalue weighted by atomic mass is 10.1. The molecule has 0 aliphatic heterocycles. The molecule has 0 spiro atoms. The number of aromatic hydroxyl groups is 2. The first-order valence-electron chi connectivity index (χ1n) is 8.43. The molecule has 0 fully saturated rings. The van der Waals surface area contributed by atoms with Gasteiger partial charge in [-0.1, -0.05) is 11.8 Å². The molecule has 0 atom stereocenters. The molecule has 0 aliphatic carbocycles. The SMILES string of the molecule is CSc1nccc(-n2c(-c3ccc4occc4c3)nc3cc(O)c(O)cc32)n1. The van der Waals surface area contributed by atoms with Crippen molar-refractivity contribution in [2.24, 2.45) is 0 Å². The van der Waals surface area contributed by atoms with E-state index in [1.54, 1.807) is 18.5 Å². The number of aromatic nitrogens is 4. The van der Waals surface area contributed by atoms with Crippen LogP contribution in [0.25, 0.3) is 39.2 Å². The van der Waals surface area contributed by atoms with Crippen LogP contribution in [0.2, 0.25) is 0 Å². The van der Waals surface area contributed by atoms with Gasteiger partial charge in [-0.15, -0.1) is 0 Å². The third-order valence-corrected chi connectivity index (χ3v) is 5.05. The zero-order valence-electron chi connectivity index (χ0n) is 14.7. The van der Waals surface area contributed by atoms with Crippen LogP contribution in [0.1, 0.15) is 0 Å². The van der Waals surface area contributed by atoms with Crippen LogP contribution in [0, 0.1) is 0 Å². The van der Waals surface area contributed by atoms with Crippen molar-refractivity contribution in [3.05, 3.63) is 54.9 Å². The van der Waals surface area contributed by atoms with E-state index < -0.39 is 0 Å². The van der Waals surface area contributed by atoms with Gasteiger partial charge in [0.1, 0.15) is 17.2 Å². The predicted molar refractivity (Wildman–Crippen MR) is 107 cm³/mol. The number of nitrogens with zero attached hydrogens (tertiary/aromatic N) is 4. The van der Waals surface area contributed by atoms with E-state index in [9.17, 15) is 10.2 Å². The minimum Gasteiger partial charge on any atom is -0.504 e. The van der Waals surface area contributed by atoms with Gasteiger partial charge in [-0.05, 0) is 36.6 Å². The number of phenolic OH excluding ortho intramolecular Hbond substituents is 2. The molecule has 0 unspecified atom stereocenters. The summed E-state index contributed by atoms with van der Waals surface area (Å²) in [5, 5.41) is 21.5. The van der Waals surface area contributed by atoms with E-state index in [2.05, 4.69) is 9.97 Å². The van der Waals surface area contributed by atoms with Crippen LogP contribution in [0.15, 0.2) is 64.5 Å². The van der Waals surface area contributed by atoms with Crippen LogP contribution in [0.5, 0.6) is 11.5 Å². The zero-order chi connectivity index (χ0) is 19.3. The van der Waals surface area contributed by atoms with Gasteiger partial charge in [0.25, 0.3) is 0 Å². The Balaban J connectivity index is 1.84. The van der Waals surface area contributed by atoms with Gasteiger partial charge in [0.2, 0.25) is 0 Å². The van der Waals surface area contributed by atoms with E-state index in [0.29, 0.717) is 27.8 Å². The summed E-state index contributed by atoms with van der Waals surface area (Å²) in [4.78, 5) is 13.5. The molecular formula is C20H14N4O3S. The molecule has 0 saturated carbocycles. The fraction of sp³-hybridized carbons (Fsp3) is 0.0500. The van der Waals surface area contributed by atoms with Crippen LogP contribution >= 0.6 is 11.8 Å². The van der Waals surface area contributed by atoms with Crippen LogP contribution in [0.3, 0.4) is 0 Å². The fourth-order valence-corrected chi connectivity index (χ4v) is 3.54. The summed E-state index contributed by atoms with van der Waals surface area (Å²) < 4.78 is 7.27. The maximum atomic E-state index is 10.0. The Bertz CT molecular complexity index is 1340. The summed E-state index contributed by atoms with van der Waals surface area (Å²) in [5.74, 6) is 0.814. The lowest BCUT2D eigenvalue weighted by molar-refractivity contribution is 0.404. The topological polar surface area (TPSA) is 97.2 Å². The number of phenols is 2. The van der Waals surface area contributed by atoms with Crippen LogP contribution in [-0.4, -0.2) is 36.0 Å². The summed E-state index contributed by atoms with van der Waals surface area (Å²) in [6.45, 7) is 0. The molecule has 3 heterocycles. The molecule has 0 radical (unpaired) electrons. The fourth-order valence-electron chi connectivity index (χ4n) is 3.19. The van der Waals surface area contributed by atoms with Gasteiger partial charge < -0.3 is 14.6 Å². The number of imidazole rings is 1. The minimum atomic E-state index is -0.221. The predicted octanol–water partition coefficient (Wildman–Crippen LogP) is 4.36. The van der Waals surface area contributed by atoms with Gasteiger partial charge in [-0.3, -0.25) is 4.57 Å². The van der Waals surface area contributed by atoms with Crippen LogP contribution in [0.4, 0.5) is 0 Å². The lowest BCUT2D eigenvalue weighted by Crippen LogP contribution is -2.02. The Kier molecular flexibility index (Phi) is 3.73. The Morgan fingerprint density at radius 1 is 1.00 bits per heavy atom. The van der Waals surface area contributed by atoms with Gasteiger partial charge >= 0.3 is 0 Å². The average molecular weight is 390 g/mol. The Labute approximate surface area is 163 Å². The number of rotatable bonds is 3. The first kappa shape index (κ1) is 16.6. The molecule has 28 heavy (non-hydrogen) atoms. The molecule has 0 aliphatic rings. The minimum absolute atomic E-state index is 0.218. The highest BCUT2D eigenvalue weighted by molar-refractivity contribution is 7.98. The second-order valence-electron chi connectivity index (χ2n) is 6.18. The smallest absolute Gasteiger partial charge is 0.189 e. The maximum absolute atomic E-state index is 10.0. The summed E-state index contributed by atoms with van der Waals surface area (Å²) in [5.41, 5.74) is 2.81. The highest BCUT2D eigenvalue weighted by Gasteiger charge is 2.18. The van der Waals surface area contributed by atoms with E-state index >= 15 is 0 Å². The van der Waals surface area contributed by atoms with Crippen molar-refractivity contribution in [2.45, 2.75) is 5.16 Å². The van der Waals surface area contributed by atoms with Gasteiger partial charge in [-0.2, -0.15) is 0 Å². The molecule has 8 heteroatoms. The number of fused-ring (bicyclic) bond motifs is 2. The van der Waals surface area contributed by atoms with Gasteiger partial charge in [-0.25, -0.2) is 15.0 Å². The van der Waals surface area contributed by atoms with E-state index in [1.165, 1.54) is 23.9 Å². The number of benzene rings is 2. The van der Waals surface area contributed by atoms with Gasteiger partial charge in [0, 0.05) is 29.3 Å². The monoisotopic (exact) mass is 390 g/mol. The first-order valence-corrected chi connectivity index (χ1v) is 9.66. The van der Waals surface area contributed by atoms with Crippen molar-refractivity contribution < 1.29 is 14.6 Å². The van der Waals surface area contributed by atoms with Crippen molar-refractivity contribution in [1.29, 1.82) is 0 Å². The van der Waals surface area contributed by atoms with Crippen molar-refractivity contribution in [3.8, 4) is 28.7 Å². The molecule has 138 valence electrons. The number of thioether (sulfide) groups is 1. The van der Waals surface area contributed by atoms with Crippen LogP contribution < -0.4 is 0 Å². The Hall–Kier alpha value is -3.52. The van der Waals surface area contributed by atoms with Crippen molar-refractivity contribution in [2.75, 3.05) is 6.26 Å². The quantitative estimate of drug-likeness (QED) is 0.268. The molecule has 2 aromatic carbocycles. The molecule has 2 N–H and O–H groups in total. The third-order valence-electron chi connectivity index (χ3n) is 4.49. The molecule has 5 aromatic rings. The number of hydrogen-bond donors (Lipinski definition) is 2. The number of furan rings is 1. The molecule has 7 nitrogen and oxygen atoms in total. The largest absolute Gasteiger partial charge is 0.504 e.